The van der Waals surface area contributed by atoms with Crippen LogP contribution in [-0.4, -0.2) is 29.9 Å². The molecule has 3 rings (SSSR count). The van der Waals surface area contributed by atoms with Crippen LogP contribution in [0.5, 0.6) is 5.75 Å². The van der Waals surface area contributed by atoms with E-state index in [1.54, 1.807) is 49.3 Å². The van der Waals surface area contributed by atoms with Gasteiger partial charge in [-0.25, -0.2) is 0 Å². The Balaban J connectivity index is 1.69. The summed E-state index contributed by atoms with van der Waals surface area (Å²) in [6.07, 6.45) is 0. The van der Waals surface area contributed by atoms with Crippen molar-refractivity contribution in [2.24, 2.45) is 0 Å². The summed E-state index contributed by atoms with van der Waals surface area (Å²) in [5, 5.41) is 2.83. The fraction of sp³-hybridized carbons (Fsp3) is 0.222. The maximum absolute atomic E-state index is 12.4. The lowest BCUT2D eigenvalue weighted by atomic mass is 10.1. The summed E-state index contributed by atoms with van der Waals surface area (Å²) in [7, 11) is 1.59. The molecule has 1 aliphatic rings. The third-order valence-corrected chi connectivity index (χ3v) is 4.05. The van der Waals surface area contributed by atoms with E-state index in [-0.39, 0.29) is 11.8 Å². The van der Waals surface area contributed by atoms with Gasteiger partial charge in [0, 0.05) is 17.8 Å². The first-order valence-corrected chi connectivity index (χ1v) is 7.44. The third-order valence-electron chi connectivity index (χ3n) is 4.05. The van der Waals surface area contributed by atoms with Gasteiger partial charge in [-0.1, -0.05) is 18.2 Å². The second-order valence-corrected chi connectivity index (χ2v) is 5.48. The summed E-state index contributed by atoms with van der Waals surface area (Å²) in [5.41, 5.74) is 2.31. The Morgan fingerprint density at radius 1 is 1.17 bits per heavy atom. The molecule has 2 aromatic rings. The van der Waals surface area contributed by atoms with Crippen molar-refractivity contribution < 1.29 is 14.3 Å². The van der Waals surface area contributed by atoms with Gasteiger partial charge in [-0.2, -0.15) is 0 Å². The Kier molecular flexibility index (Phi) is 4.02. The van der Waals surface area contributed by atoms with Crippen LogP contribution in [0.4, 0.5) is 5.69 Å². The van der Waals surface area contributed by atoms with Crippen LogP contribution in [0.15, 0.2) is 48.5 Å². The highest BCUT2D eigenvalue weighted by molar-refractivity contribution is 6.03. The summed E-state index contributed by atoms with van der Waals surface area (Å²) in [6.45, 7) is 2.20. The highest BCUT2D eigenvalue weighted by Gasteiger charge is 2.33. The smallest absolute Gasteiger partial charge is 0.255 e. The lowest BCUT2D eigenvalue weighted by molar-refractivity contribution is -0.120. The Labute approximate surface area is 134 Å². The standard InChI is InChI=1S/C18H18N2O3/c1-12(17(21)19-14-7-9-15(23-2)10-8-14)20-11-13-5-3-4-6-16(13)18(20)22/h3-10,12H,11H2,1-2H3,(H,19,21)/t12-/m0/s1. The number of anilines is 1. The predicted molar refractivity (Wildman–Crippen MR) is 87.4 cm³/mol. The van der Waals surface area contributed by atoms with Gasteiger partial charge in [0.25, 0.3) is 5.91 Å². The molecule has 0 bridgehead atoms. The fourth-order valence-corrected chi connectivity index (χ4v) is 2.65. The number of rotatable bonds is 4. The molecule has 0 aliphatic carbocycles. The first-order chi connectivity index (χ1) is 11.1. The number of carbonyl (C=O) groups is 2. The van der Waals surface area contributed by atoms with E-state index >= 15 is 0 Å². The molecule has 0 fully saturated rings. The lowest BCUT2D eigenvalue weighted by Gasteiger charge is -2.23. The van der Waals surface area contributed by atoms with Crippen molar-refractivity contribution in [2.45, 2.75) is 19.5 Å². The van der Waals surface area contributed by atoms with Crippen molar-refractivity contribution in [1.29, 1.82) is 0 Å². The molecule has 0 saturated heterocycles. The third kappa shape index (κ3) is 2.90. The highest BCUT2D eigenvalue weighted by atomic mass is 16.5. The molecule has 0 aromatic heterocycles. The summed E-state index contributed by atoms with van der Waals surface area (Å²) >= 11 is 0. The Morgan fingerprint density at radius 2 is 1.87 bits per heavy atom. The van der Waals surface area contributed by atoms with Crippen LogP contribution in [0.2, 0.25) is 0 Å². The molecule has 0 radical (unpaired) electrons. The van der Waals surface area contributed by atoms with Crippen molar-refractivity contribution in [2.75, 3.05) is 12.4 Å². The van der Waals surface area contributed by atoms with Crippen molar-refractivity contribution in [3.8, 4) is 5.75 Å². The molecule has 23 heavy (non-hydrogen) atoms. The van der Waals surface area contributed by atoms with Crippen LogP contribution in [0, 0.1) is 0 Å². The van der Waals surface area contributed by atoms with Crippen molar-refractivity contribution in [3.05, 3.63) is 59.7 Å². The van der Waals surface area contributed by atoms with Gasteiger partial charge < -0.3 is 15.0 Å². The van der Waals surface area contributed by atoms with Crippen molar-refractivity contribution in [3.63, 3.8) is 0 Å². The zero-order chi connectivity index (χ0) is 16.4. The van der Waals surface area contributed by atoms with Crippen molar-refractivity contribution in [1.82, 2.24) is 4.90 Å². The van der Waals surface area contributed by atoms with E-state index in [9.17, 15) is 9.59 Å². The second kappa shape index (κ2) is 6.12. The van der Waals surface area contributed by atoms with Gasteiger partial charge in [0.1, 0.15) is 11.8 Å². The van der Waals surface area contributed by atoms with Crippen molar-refractivity contribution >= 4 is 17.5 Å². The first-order valence-electron chi connectivity index (χ1n) is 7.44. The molecule has 1 heterocycles. The van der Waals surface area contributed by atoms with Gasteiger partial charge in [-0.3, -0.25) is 9.59 Å². The average molecular weight is 310 g/mol. The number of hydrogen-bond acceptors (Lipinski definition) is 3. The zero-order valence-electron chi connectivity index (χ0n) is 13.1. The number of nitrogens with zero attached hydrogens (tertiary/aromatic N) is 1. The Morgan fingerprint density at radius 3 is 2.52 bits per heavy atom. The molecule has 0 saturated carbocycles. The molecule has 1 atom stereocenters. The molecular weight excluding hydrogens is 292 g/mol. The average Bonchev–Trinajstić information content (AvgIpc) is 2.92. The van der Waals surface area contributed by atoms with E-state index in [0.29, 0.717) is 17.8 Å². The number of hydrogen-bond donors (Lipinski definition) is 1. The Bertz CT molecular complexity index is 740. The van der Waals surface area contributed by atoms with Gasteiger partial charge in [0.2, 0.25) is 5.91 Å². The quantitative estimate of drug-likeness (QED) is 0.944. The largest absolute Gasteiger partial charge is 0.497 e. The van der Waals surface area contributed by atoms with E-state index in [2.05, 4.69) is 5.32 Å². The Hall–Kier alpha value is -2.82. The fourth-order valence-electron chi connectivity index (χ4n) is 2.65. The highest BCUT2D eigenvalue weighted by Crippen LogP contribution is 2.25. The number of nitrogens with one attached hydrogen (secondary N) is 1. The first kappa shape index (κ1) is 15.1. The monoisotopic (exact) mass is 310 g/mol. The topological polar surface area (TPSA) is 58.6 Å². The van der Waals surface area contributed by atoms with Gasteiger partial charge in [-0.15, -0.1) is 0 Å². The van der Waals surface area contributed by atoms with Crippen LogP contribution >= 0.6 is 0 Å². The molecule has 2 amide bonds. The van der Waals surface area contributed by atoms with Crippen LogP contribution in [0.3, 0.4) is 0 Å². The normalized spacial score (nSPS) is 14.3. The molecule has 118 valence electrons. The van der Waals surface area contributed by atoms with Gasteiger partial charge >= 0.3 is 0 Å². The van der Waals surface area contributed by atoms with Crippen LogP contribution in [-0.2, 0) is 11.3 Å². The SMILES string of the molecule is COc1ccc(NC(=O)[C@H](C)N2Cc3ccccc3C2=O)cc1. The predicted octanol–water partition coefficient (Wildman–Crippen LogP) is 2.68. The van der Waals surface area contributed by atoms with Crippen LogP contribution in [0.1, 0.15) is 22.8 Å². The van der Waals surface area contributed by atoms with E-state index < -0.39 is 6.04 Å². The van der Waals surface area contributed by atoms with Crippen LogP contribution < -0.4 is 10.1 Å². The van der Waals surface area contributed by atoms with E-state index in [1.165, 1.54) is 0 Å². The van der Waals surface area contributed by atoms with E-state index in [0.717, 1.165) is 11.3 Å². The summed E-state index contributed by atoms with van der Waals surface area (Å²) < 4.78 is 5.09. The van der Waals surface area contributed by atoms with Gasteiger partial charge in [0.05, 0.1) is 7.11 Å². The summed E-state index contributed by atoms with van der Waals surface area (Å²) in [5.74, 6) is 0.413. The number of methoxy groups -OCH3 is 1. The lowest BCUT2D eigenvalue weighted by Crippen LogP contribution is -2.42. The van der Waals surface area contributed by atoms with E-state index in [4.69, 9.17) is 4.74 Å². The van der Waals surface area contributed by atoms with Crippen LogP contribution in [0.25, 0.3) is 0 Å². The summed E-state index contributed by atoms with van der Waals surface area (Å²) in [6, 6.07) is 14.0. The second-order valence-electron chi connectivity index (χ2n) is 5.48. The minimum absolute atomic E-state index is 0.0991. The molecule has 2 aromatic carbocycles. The summed E-state index contributed by atoms with van der Waals surface area (Å²) in [4.78, 5) is 26.4. The number of fused-ring (bicyclic) bond motifs is 1. The minimum Gasteiger partial charge on any atom is -0.497 e. The number of carbonyl (C=O) groups excluding carboxylic acids is 2. The molecule has 5 heteroatoms. The number of benzene rings is 2. The molecule has 0 spiro atoms. The molecule has 1 aliphatic heterocycles. The van der Waals surface area contributed by atoms with Gasteiger partial charge in [0.15, 0.2) is 0 Å². The zero-order valence-corrected chi connectivity index (χ0v) is 13.1. The molecular formula is C18H18N2O3. The molecule has 5 nitrogen and oxygen atoms in total. The molecule has 0 unspecified atom stereocenters. The maximum atomic E-state index is 12.4. The molecule has 1 N–H and O–H groups in total. The number of ether oxygens (including phenoxy) is 1. The minimum atomic E-state index is -0.544. The van der Waals surface area contributed by atoms with Gasteiger partial charge in [-0.05, 0) is 42.8 Å². The maximum Gasteiger partial charge on any atom is 0.255 e. The van der Waals surface area contributed by atoms with E-state index in [1.807, 2.05) is 18.2 Å². The number of amides is 2.